The van der Waals surface area contributed by atoms with Crippen molar-refractivity contribution in [3.63, 3.8) is 0 Å². The van der Waals surface area contributed by atoms with Gasteiger partial charge in [-0.2, -0.15) is 0 Å². The lowest BCUT2D eigenvalue weighted by Gasteiger charge is -2.30. The molecule has 1 saturated heterocycles. The molecule has 0 aromatic rings. The maximum Gasteiger partial charge on any atom is 0.407 e. The minimum absolute atomic E-state index is 0.00198. The molecule has 2 aliphatic rings. The molecule has 1 aliphatic heterocycles. The van der Waals surface area contributed by atoms with Gasteiger partial charge in [-0.3, -0.25) is 4.90 Å². The summed E-state index contributed by atoms with van der Waals surface area (Å²) in [5.41, 5.74) is -0.490. The summed E-state index contributed by atoms with van der Waals surface area (Å²) in [6.07, 6.45) is 2.63. The highest BCUT2D eigenvalue weighted by atomic mass is 16.6. The minimum atomic E-state index is -0.490. The van der Waals surface area contributed by atoms with Crippen LogP contribution in [-0.4, -0.2) is 66.7 Å². The van der Waals surface area contributed by atoms with Gasteiger partial charge in [0.1, 0.15) is 5.60 Å². The van der Waals surface area contributed by atoms with Crippen molar-refractivity contribution in [2.75, 3.05) is 26.8 Å². The Balaban J connectivity index is 1.86. The Hall–Kier alpha value is -0.850. The zero-order chi connectivity index (χ0) is 16.3. The largest absolute Gasteiger partial charge is 0.444 e. The highest BCUT2D eigenvalue weighted by Crippen LogP contribution is 2.33. The summed E-state index contributed by atoms with van der Waals surface area (Å²) in [6.45, 7) is 7.21. The van der Waals surface area contributed by atoms with Gasteiger partial charge in [0, 0.05) is 12.6 Å². The molecule has 2 N–H and O–H groups in total. The molecule has 0 aromatic heterocycles. The zero-order valence-electron chi connectivity index (χ0n) is 14.2. The third-order valence-corrected chi connectivity index (χ3v) is 4.13. The molecule has 0 bridgehead atoms. The molecule has 1 amide bonds. The smallest absolute Gasteiger partial charge is 0.407 e. The zero-order valence-corrected chi connectivity index (χ0v) is 14.2. The van der Waals surface area contributed by atoms with Crippen molar-refractivity contribution < 1.29 is 19.4 Å². The summed E-state index contributed by atoms with van der Waals surface area (Å²) in [7, 11) is 1.97. The Morgan fingerprint density at radius 2 is 2.09 bits per heavy atom. The number of aliphatic hydroxyl groups excluding tert-OH is 1. The van der Waals surface area contributed by atoms with Gasteiger partial charge in [0.25, 0.3) is 0 Å². The summed E-state index contributed by atoms with van der Waals surface area (Å²) in [5, 5.41) is 12.9. The Bertz CT molecular complexity index is 379. The second-order valence-electron chi connectivity index (χ2n) is 7.63. The monoisotopic (exact) mass is 314 g/mol. The van der Waals surface area contributed by atoms with E-state index < -0.39 is 11.7 Å². The maximum atomic E-state index is 12.0. The van der Waals surface area contributed by atoms with Crippen LogP contribution in [0.3, 0.4) is 0 Å². The van der Waals surface area contributed by atoms with E-state index in [0.29, 0.717) is 25.7 Å². The summed E-state index contributed by atoms with van der Waals surface area (Å²) in [6, 6.07) is 0.0438. The molecule has 0 spiro atoms. The van der Waals surface area contributed by atoms with Crippen molar-refractivity contribution in [1.29, 1.82) is 0 Å². The number of carbonyl (C=O) groups is 1. The molecule has 128 valence electrons. The molecule has 0 unspecified atom stereocenters. The molecular weight excluding hydrogens is 284 g/mol. The van der Waals surface area contributed by atoms with Gasteiger partial charge in [-0.1, -0.05) is 12.8 Å². The van der Waals surface area contributed by atoms with Crippen LogP contribution in [-0.2, 0) is 9.47 Å². The summed E-state index contributed by atoms with van der Waals surface area (Å²) < 4.78 is 10.7. The molecule has 1 saturated carbocycles. The van der Waals surface area contributed by atoms with Crippen LogP contribution in [0.1, 0.15) is 40.0 Å². The maximum absolute atomic E-state index is 12.0. The van der Waals surface area contributed by atoms with Gasteiger partial charge in [-0.15, -0.1) is 0 Å². The summed E-state index contributed by atoms with van der Waals surface area (Å²) >= 11 is 0. The Labute approximate surface area is 133 Å². The Morgan fingerprint density at radius 3 is 2.59 bits per heavy atom. The molecule has 1 aliphatic carbocycles. The number of aliphatic hydroxyl groups is 1. The van der Waals surface area contributed by atoms with E-state index in [2.05, 4.69) is 10.2 Å². The van der Waals surface area contributed by atoms with E-state index in [9.17, 15) is 9.90 Å². The molecule has 2 fully saturated rings. The van der Waals surface area contributed by atoms with E-state index in [1.807, 2.05) is 27.8 Å². The lowest BCUT2D eigenvalue weighted by atomic mass is 10.1. The fourth-order valence-corrected chi connectivity index (χ4v) is 2.84. The van der Waals surface area contributed by atoms with Gasteiger partial charge in [-0.05, 0) is 40.2 Å². The predicted molar refractivity (Wildman–Crippen MR) is 83.7 cm³/mol. The van der Waals surface area contributed by atoms with Crippen LogP contribution < -0.4 is 5.32 Å². The molecule has 22 heavy (non-hydrogen) atoms. The van der Waals surface area contributed by atoms with E-state index in [4.69, 9.17) is 9.47 Å². The first-order chi connectivity index (χ1) is 10.2. The van der Waals surface area contributed by atoms with Crippen LogP contribution in [0.15, 0.2) is 0 Å². The predicted octanol–water partition coefficient (Wildman–Crippen LogP) is 1.37. The molecule has 6 nitrogen and oxygen atoms in total. The van der Waals surface area contributed by atoms with E-state index in [-0.39, 0.29) is 18.2 Å². The second-order valence-corrected chi connectivity index (χ2v) is 7.63. The Kier molecular flexibility index (Phi) is 5.69. The first-order valence-electron chi connectivity index (χ1n) is 8.20. The van der Waals surface area contributed by atoms with Crippen LogP contribution in [0.4, 0.5) is 4.79 Å². The van der Waals surface area contributed by atoms with Crippen molar-refractivity contribution in [1.82, 2.24) is 10.2 Å². The third-order valence-electron chi connectivity index (χ3n) is 4.13. The van der Waals surface area contributed by atoms with Crippen LogP contribution in [0.25, 0.3) is 0 Å². The average molecular weight is 314 g/mol. The van der Waals surface area contributed by atoms with Crippen molar-refractivity contribution >= 4 is 6.09 Å². The number of nitrogens with zero attached hydrogens (tertiary/aromatic N) is 1. The number of alkyl carbamates (subject to hydrolysis) is 1. The van der Waals surface area contributed by atoms with Crippen LogP contribution in [0, 0.1) is 5.92 Å². The number of amides is 1. The van der Waals surface area contributed by atoms with Gasteiger partial charge in [0.15, 0.2) is 0 Å². The van der Waals surface area contributed by atoms with Crippen LogP contribution in [0.5, 0.6) is 0 Å². The SMILES string of the molecule is CN(C[C@H](CC1CC1)NC(=O)OC(C)(C)C)[C@@H]1COC[C@H]1O. The van der Waals surface area contributed by atoms with Gasteiger partial charge >= 0.3 is 6.09 Å². The quantitative estimate of drug-likeness (QED) is 0.775. The number of hydrogen-bond acceptors (Lipinski definition) is 5. The fourth-order valence-electron chi connectivity index (χ4n) is 2.84. The third kappa shape index (κ3) is 5.74. The second kappa shape index (κ2) is 7.15. The molecule has 3 atom stereocenters. The van der Waals surface area contributed by atoms with Gasteiger partial charge in [-0.25, -0.2) is 4.79 Å². The first kappa shape index (κ1) is 17.5. The summed E-state index contributed by atoms with van der Waals surface area (Å²) in [4.78, 5) is 14.1. The number of ether oxygens (including phenoxy) is 2. The standard InChI is InChI=1S/C16H30N2O4/c1-16(2,3)22-15(20)17-12(7-11-5-6-11)8-18(4)13-9-21-10-14(13)19/h11-14,19H,5-10H2,1-4H3,(H,17,20)/t12-,13+,14+/m0/s1. The number of nitrogens with one attached hydrogen (secondary N) is 1. The molecule has 1 heterocycles. The van der Waals surface area contributed by atoms with Gasteiger partial charge in [0.2, 0.25) is 0 Å². The number of hydrogen-bond donors (Lipinski definition) is 2. The molecule has 0 aromatic carbocycles. The number of carbonyl (C=O) groups excluding carboxylic acids is 1. The molecule has 0 radical (unpaired) electrons. The highest BCUT2D eigenvalue weighted by Gasteiger charge is 2.33. The van der Waals surface area contributed by atoms with Crippen LogP contribution >= 0.6 is 0 Å². The van der Waals surface area contributed by atoms with Crippen LogP contribution in [0.2, 0.25) is 0 Å². The lowest BCUT2D eigenvalue weighted by Crippen LogP contribution is -2.49. The van der Waals surface area contributed by atoms with Crippen molar-refractivity contribution in [3.8, 4) is 0 Å². The lowest BCUT2D eigenvalue weighted by molar-refractivity contribution is 0.0467. The topological polar surface area (TPSA) is 71.0 Å². The Morgan fingerprint density at radius 1 is 1.41 bits per heavy atom. The molecule has 6 heteroatoms. The fraction of sp³-hybridized carbons (Fsp3) is 0.938. The van der Waals surface area contributed by atoms with Crippen molar-refractivity contribution in [2.24, 2.45) is 5.92 Å². The summed E-state index contributed by atoms with van der Waals surface area (Å²) in [5.74, 6) is 0.707. The van der Waals surface area contributed by atoms with E-state index in [0.717, 1.165) is 6.42 Å². The van der Waals surface area contributed by atoms with E-state index >= 15 is 0 Å². The molecular formula is C16H30N2O4. The normalized spacial score (nSPS) is 27.0. The van der Waals surface area contributed by atoms with E-state index in [1.54, 1.807) is 0 Å². The highest BCUT2D eigenvalue weighted by molar-refractivity contribution is 5.68. The number of rotatable bonds is 6. The first-order valence-corrected chi connectivity index (χ1v) is 8.20. The molecule has 2 rings (SSSR count). The van der Waals surface area contributed by atoms with Gasteiger partial charge in [0.05, 0.1) is 25.4 Å². The number of likely N-dealkylation sites (N-methyl/N-ethyl adjacent to an activating group) is 1. The van der Waals surface area contributed by atoms with Crippen molar-refractivity contribution in [3.05, 3.63) is 0 Å². The van der Waals surface area contributed by atoms with Crippen molar-refractivity contribution in [2.45, 2.75) is 63.8 Å². The van der Waals surface area contributed by atoms with Gasteiger partial charge < -0.3 is 19.9 Å². The minimum Gasteiger partial charge on any atom is -0.444 e. The average Bonchev–Trinajstić information content (AvgIpc) is 3.05. The van der Waals surface area contributed by atoms with E-state index in [1.165, 1.54) is 12.8 Å².